The van der Waals surface area contributed by atoms with E-state index in [1.165, 1.54) is 24.3 Å². The Balaban J connectivity index is 2.04. The monoisotopic (exact) mass is 287 g/mol. The van der Waals surface area contributed by atoms with Crippen LogP contribution in [0.1, 0.15) is 12.5 Å². The summed E-state index contributed by atoms with van der Waals surface area (Å²) >= 11 is 0. The summed E-state index contributed by atoms with van der Waals surface area (Å²) in [6.07, 6.45) is 0. The molecule has 0 atom stereocenters. The Bertz CT molecular complexity index is 669. The van der Waals surface area contributed by atoms with Crippen molar-refractivity contribution in [1.82, 2.24) is 0 Å². The van der Waals surface area contributed by atoms with Crippen LogP contribution < -0.4 is 10.6 Å². The highest BCUT2D eigenvalue weighted by Crippen LogP contribution is 2.13. The van der Waals surface area contributed by atoms with Gasteiger partial charge in [-0.1, -0.05) is 17.3 Å². The van der Waals surface area contributed by atoms with Gasteiger partial charge in [0.1, 0.15) is 5.82 Å². The molecule has 0 heterocycles. The van der Waals surface area contributed by atoms with Gasteiger partial charge in [0.2, 0.25) is 0 Å². The molecule has 0 unspecified atom stereocenters. The summed E-state index contributed by atoms with van der Waals surface area (Å²) in [5.74, 6) is -0.368. The van der Waals surface area contributed by atoms with Gasteiger partial charge in [0.15, 0.2) is 0 Å². The second-order valence-corrected chi connectivity index (χ2v) is 4.35. The van der Waals surface area contributed by atoms with E-state index in [2.05, 4.69) is 15.8 Å². The molecule has 0 spiro atoms. The van der Waals surface area contributed by atoms with Crippen molar-refractivity contribution < 1.29 is 14.4 Å². The summed E-state index contributed by atoms with van der Waals surface area (Å²) in [5.41, 5.74) is 2.17. The standard InChI is InChI=1S/C15H14FN3O2/c1-10(19-21)11-3-2-4-14(9-11)18-15(20)17-13-7-5-12(16)6-8-13/h2-9,21H,1H3,(H2,17,18,20)/b19-10+. The molecule has 0 aliphatic carbocycles. The molecule has 0 bridgehead atoms. The molecule has 0 aliphatic rings. The van der Waals surface area contributed by atoms with Crippen LogP contribution in [0.2, 0.25) is 0 Å². The summed E-state index contributed by atoms with van der Waals surface area (Å²) in [7, 11) is 0. The van der Waals surface area contributed by atoms with Gasteiger partial charge >= 0.3 is 6.03 Å². The van der Waals surface area contributed by atoms with Crippen LogP contribution >= 0.6 is 0 Å². The number of anilines is 2. The second-order valence-electron chi connectivity index (χ2n) is 4.35. The summed E-state index contributed by atoms with van der Waals surface area (Å²) in [4.78, 5) is 11.8. The largest absolute Gasteiger partial charge is 0.411 e. The Hall–Kier alpha value is -2.89. The van der Waals surface area contributed by atoms with Gasteiger partial charge < -0.3 is 15.8 Å². The van der Waals surface area contributed by atoms with Crippen LogP contribution in [-0.4, -0.2) is 17.0 Å². The van der Waals surface area contributed by atoms with E-state index in [9.17, 15) is 9.18 Å². The van der Waals surface area contributed by atoms with Gasteiger partial charge in [-0.15, -0.1) is 0 Å². The average molecular weight is 287 g/mol. The molecule has 2 aromatic rings. The third kappa shape index (κ3) is 4.04. The maximum Gasteiger partial charge on any atom is 0.323 e. The molecule has 5 nitrogen and oxygen atoms in total. The predicted molar refractivity (Wildman–Crippen MR) is 79.5 cm³/mol. The van der Waals surface area contributed by atoms with Gasteiger partial charge in [0.05, 0.1) is 5.71 Å². The molecule has 108 valence electrons. The lowest BCUT2D eigenvalue weighted by Crippen LogP contribution is -2.19. The summed E-state index contributed by atoms with van der Waals surface area (Å²) in [6, 6.07) is 11.9. The zero-order chi connectivity index (χ0) is 15.2. The minimum atomic E-state index is -0.447. The zero-order valence-corrected chi connectivity index (χ0v) is 11.3. The maximum absolute atomic E-state index is 12.8. The number of urea groups is 1. The van der Waals surface area contributed by atoms with Crippen molar-refractivity contribution in [2.45, 2.75) is 6.92 Å². The maximum atomic E-state index is 12.8. The molecule has 0 fully saturated rings. The van der Waals surface area contributed by atoms with Crippen LogP contribution in [-0.2, 0) is 0 Å². The first-order chi connectivity index (χ1) is 10.1. The van der Waals surface area contributed by atoms with Gasteiger partial charge in [-0.05, 0) is 43.3 Å². The summed E-state index contributed by atoms with van der Waals surface area (Å²) < 4.78 is 12.8. The first-order valence-electron chi connectivity index (χ1n) is 6.21. The number of benzene rings is 2. The Kier molecular flexibility index (Phi) is 4.50. The van der Waals surface area contributed by atoms with E-state index in [1.807, 2.05) is 0 Å². The van der Waals surface area contributed by atoms with E-state index >= 15 is 0 Å². The van der Waals surface area contributed by atoms with E-state index in [4.69, 9.17) is 5.21 Å². The second kappa shape index (κ2) is 6.51. The van der Waals surface area contributed by atoms with Crippen molar-refractivity contribution in [2.75, 3.05) is 10.6 Å². The van der Waals surface area contributed by atoms with E-state index in [-0.39, 0.29) is 5.82 Å². The Morgan fingerprint density at radius 1 is 1.10 bits per heavy atom. The number of rotatable bonds is 3. The molecule has 0 saturated carbocycles. The Morgan fingerprint density at radius 3 is 2.43 bits per heavy atom. The number of hydrogen-bond acceptors (Lipinski definition) is 3. The molecule has 0 aliphatic heterocycles. The van der Waals surface area contributed by atoms with E-state index in [0.29, 0.717) is 22.6 Å². The van der Waals surface area contributed by atoms with Crippen molar-refractivity contribution in [3.05, 3.63) is 59.9 Å². The van der Waals surface area contributed by atoms with Gasteiger partial charge in [-0.2, -0.15) is 0 Å². The molecule has 0 saturated heterocycles. The van der Waals surface area contributed by atoms with Crippen molar-refractivity contribution in [2.24, 2.45) is 5.16 Å². The van der Waals surface area contributed by atoms with Crippen molar-refractivity contribution >= 4 is 23.1 Å². The molecule has 3 N–H and O–H groups in total. The van der Waals surface area contributed by atoms with Gasteiger partial charge in [0.25, 0.3) is 0 Å². The normalized spacial score (nSPS) is 11.0. The lowest BCUT2D eigenvalue weighted by atomic mass is 10.1. The molecule has 0 radical (unpaired) electrons. The topological polar surface area (TPSA) is 73.7 Å². The minimum absolute atomic E-state index is 0.368. The first kappa shape index (κ1) is 14.5. The number of nitrogens with zero attached hydrogens (tertiary/aromatic N) is 1. The Labute approximate surface area is 121 Å². The molecule has 2 aromatic carbocycles. The molecular weight excluding hydrogens is 273 g/mol. The van der Waals surface area contributed by atoms with Crippen molar-refractivity contribution in [3.63, 3.8) is 0 Å². The van der Waals surface area contributed by atoms with E-state index in [0.717, 1.165) is 0 Å². The third-order valence-electron chi connectivity index (χ3n) is 2.79. The number of carbonyl (C=O) groups is 1. The third-order valence-corrected chi connectivity index (χ3v) is 2.79. The fraction of sp³-hybridized carbons (Fsp3) is 0.0667. The lowest BCUT2D eigenvalue weighted by Gasteiger charge is -2.08. The Morgan fingerprint density at radius 2 is 1.76 bits per heavy atom. The van der Waals surface area contributed by atoms with Crippen LogP contribution in [0.4, 0.5) is 20.6 Å². The fourth-order valence-electron chi connectivity index (χ4n) is 1.71. The number of halogens is 1. The number of amides is 2. The van der Waals surface area contributed by atoms with Crippen LogP contribution in [0.25, 0.3) is 0 Å². The number of carbonyl (C=O) groups excluding carboxylic acids is 1. The fourth-order valence-corrected chi connectivity index (χ4v) is 1.71. The SMILES string of the molecule is C/C(=N\O)c1cccc(NC(=O)Nc2ccc(F)cc2)c1. The average Bonchev–Trinajstić information content (AvgIpc) is 2.49. The van der Waals surface area contributed by atoms with Crippen LogP contribution in [0.15, 0.2) is 53.7 Å². The summed E-state index contributed by atoms with van der Waals surface area (Å²) in [5, 5.41) is 17.1. The number of nitrogens with one attached hydrogen (secondary N) is 2. The van der Waals surface area contributed by atoms with Gasteiger partial charge in [-0.3, -0.25) is 0 Å². The highest BCUT2D eigenvalue weighted by molar-refractivity contribution is 6.02. The van der Waals surface area contributed by atoms with Crippen molar-refractivity contribution in [1.29, 1.82) is 0 Å². The molecule has 21 heavy (non-hydrogen) atoms. The lowest BCUT2D eigenvalue weighted by molar-refractivity contribution is 0.262. The van der Waals surface area contributed by atoms with Crippen LogP contribution in [0, 0.1) is 5.82 Å². The smallest absolute Gasteiger partial charge is 0.323 e. The zero-order valence-electron chi connectivity index (χ0n) is 11.3. The highest BCUT2D eigenvalue weighted by atomic mass is 19.1. The predicted octanol–water partition coefficient (Wildman–Crippen LogP) is 3.67. The number of hydrogen-bond donors (Lipinski definition) is 3. The van der Waals surface area contributed by atoms with E-state index in [1.54, 1.807) is 31.2 Å². The minimum Gasteiger partial charge on any atom is -0.411 e. The first-order valence-corrected chi connectivity index (χ1v) is 6.21. The molecular formula is C15H14FN3O2. The van der Waals surface area contributed by atoms with Gasteiger partial charge in [0, 0.05) is 16.9 Å². The highest BCUT2D eigenvalue weighted by Gasteiger charge is 2.05. The van der Waals surface area contributed by atoms with Gasteiger partial charge in [-0.25, -0.2) is 9.18 Å². The molecule has 2 rings (SSSR count). The molecule has 6 heteroatoms. The summed E-state index contributed by atoms with van der Waals surface area (Å²) in [6.45, 7) is 1.65. The molecule has 2 amide bonds. The molecule has 0 aromatic heterocycles. The van der Waals surface area contributed by atoms with E-state index < -0.39 is 6.03 Å². The quantitative estimate of drug-likeness (QED) is 0.458. The van der Waals surface area contributed by atoms with Crippen LogP contribution in [0.5, 0.6) is 0 Å². The number of oxime groups is 1. The van der Waals surface area contributed by atoms with Crippen LogP contribution in [0.3, 0.4) is 0 Å². The van der Waals surface area contributed by atoms with Crippen molar-refractivity contribution in [3.8, 4) is 0 Å².